The van der Waals surface area contributed by atoms with Gasteiger partial charge in [-0.25, -0.2) is 4.68 Å². The molecule has 3 heterocycles. The molecule has 0 saturated carbocycles. The lowest BCUT2D eigenvalue weighted by Crippen LogP contribution is -2.42. The molecule has 1 N–H and O–H groups in total. The van der Waals surface area contributed by atoms with Crippen LogP contribution in [0.25, 0.3) is 0 Å². The van der Waals surface area contributed by atoms with Crippen LogP contribution in [0, 0.1) is 0 Å². The fourth-order valence-electron chi connectivity index (χ4n) is 4.17. The van der Waals surface area contributed by atoms with Crippen LogP contribution in [-0.2, 0) is 0 Å². The first-order valence-electron chi connectivity index (χ1n) is 9.84. The van der Waals surface area contributed by atoms with Gasteiger partial charge in [0.2, 0.25) is 0 Å². The van der Waals surface area contributed by atoms with E-state index in [9.17, 15) is 18.0 Å². The molecule has 162 valence electrons. The van der Waals surface area contributed by atoms with Crippen LogP contribution in [0.2, 0.25) is 10.0 Å². The number of aromatic nitrogens is 2. The van der Waals surface area contributed by atoms with E-state index in [-0.39, 0.29) is 34.9 Å². The summed E-state index contributed by atoms with van der Waals surface area (Å²) in [6, 6.07) is 3.71. The fourth-order valence-corrected chi connectivity index (χ4v) is 4.48. The van der Waals surface area contributed by atoms with Gasteiger partial charge in [0.1, 0.15) is 5.82 Å². The lowest BCUT2D eigenvalue weighted by atomic mass is 9.97. The van der Waals surface area contributed by atoms with Crippen molar-refractivity contribution < 1.29 is 18.0 Å². The highest BCUT2D eigenvalue weighted by atomic mass is 35.5. The summed E-state index contributed by atoms with van der Waals surface area (Å²) in [4.78, 5) is 14.6. The second-order valence-electron chi connectivity index (χ2n) is 7.87. The van der Waals surface area contributed by atoms with E-state index < -0.39 is 18.3 Å². The van der Waals surface area contributed by atoms with Crippen LogP contribution in [0.4, 0.5) is 19.0 Å². The van der Waals surface area contributed by atoms with Crippen molar-refractivity contribution in [2.45, 2.75) is 56.9 Å². The van der Waals surface area contributed by atoms with Gasteiger partial charge in [-0.3, -0.25) is 4.79 Å². The van der Waals surface area contributed by atoms with Crippen molar-refractivity contribution in [3.63, 3.8) is 0 Å². The Hall–Kier alpha value is -1.93. The van der Waals surface area contributed by atoms with Gasteiger partial charge in [0.05, 0.1) is 16.1 Å². The zero-order chi connectivity index (χ0) is 21.6. The van der Waals surface area contributed by atoms with Crippen LogP contribution in [0.3, 0.4) is 0 Å². The molecule has 0 unspecified atom stereocenters. The molecule has 2 aliphatic rings. The molecule has 0 radical (unpaired) electrons. The maximum Gasteiger partial charge on any atom is 0.410 e. The first-order valence-corrected chi connectivity index (χ1v) is 10.6. The van der Waals surface area contributed by atoms with E-state index in [2.05, 4.69) is 10.4 Å². The number of hydrogen-bond acceptors (Lipinski definition) is 3. The molecule has 1 aromatic carbocycles. The van der Waals surface area contributed by atoms with Crippen LogP contribution in [0.1, 0.15) is 60.7 Å². The second-order valence-corrected chi connectivity index (χ2v) is 8.68. The number of hydrogen-bond donors (Lipinski definition) is 1. The molecular formula is C20H21Cl2F3N4O. The quantitative estimate of drug-likeness (QED) is 0.609. The van der Waals surface area contributed by atoms with Crippen molar-refractivity contribution in [1.82, 2.24) is 14.7 Å². The Balaban J connectivity index is 1.68. The predicted octanol–water partition coefficient (Wildman–Crippen LogP) is 5.86. The van der Waals surface area contributed by atoms with Crippen LogP contribution >= 0.6 is 23.2 Å². The Morgan fingerprint density at radius 2 is 1.97 bits per heavy atom. The Labute approximate surface area is 182 Å². The first-order chi connectivity index (χ1) is 14.1. The summed E-state index contributed by atoms with van der Waals surface area (Å²) >= 11 is 12.0. The number of fused-ring (bicyclic) bond motifs is 1. The van der Waals surface area contributed by atoms with E-state index in [1.54, 1.807) is 23.1 Å². The number of likely N-dealkylation sites (tertiary alicyclic amines) is 1. The van der Waals surface area contributed by atoms with Gasteiger partial charge < -0.3 is 10.2 Å². The third-order valence-corrected chi connectivity index (χ3v) is 6.56. The highest BCUT2D eigenvalue weighted by Crippen LogP contribution is 2.44. The first kappa shape index (κ1) is 21.3. The Kier molecular flexibility index (Phi) is 5.66. The summed E-state index contributed by atoms with van der Waals surface area (Å²) in [7, 11) is 0. The number of nitrogens with one attached hydrogen (secondary N) is 1. The number of benzene rings is 1. The van der Waals surface area contributed by atoms with Gasteiger partial charge in [-0.2, -0.15) is 18.3 Å². The molecule has 3 atom stereocenters. The van der Waals surface area contributed by atoms with Crippen molar-refractivity contribution in [2.75, 3.05) is 11.9 Å². The number of carbonyl (C=O) groups is 1. The molecule has 0 bridgehead atoms. The maximum absolute atomic E-state index is 13.8. The van der Waals surface area contributed by atoms with E-state index in [4.69, 9.17) is 23.2 Å². The van der Waals surface area contributed by atoms with Crippen LogP contribution in [0.15, 0.2) is 24.3 Å². The smallest absolute Gasteiger partial charge is 0.363 e. The number of carbonyl (C=O) groups excluding carboxylic acids is 1. The number of halogens is 5. The molecule has 4 rings (SSSR count). The van der Waals surface area contributed by atoms with Gasteiger partial charge in [-0.15, -0.1) is 0 Å². The van der Waals surface area contributed by atoms with Crippen molar-refractivity contribution >= 4 is 34.9 Å². The lowest BCUT2D eigenvalue weighted by molar-refractivity contribution is -0.173. The summed E-state index contributed by atoms with van der Waals surface area (Å²) in [6.07, 6.45) is -2.00. The second kappa shape index (κ2) is 7.96. The summed E-state index contributed by atoms with van der Waals surface area (Å²) < 4.78 is 42.4. The number of piperidine rings is 1. The number of alkyl halides is 3. The fraction of sp³-hybridized carbons (Fsp3) is 0.500. The van der Waals surface area contributed by atoms with Crippen molar-refractivity contribution in [2.24, 2.45) is 0 Å². The molecule has 0 aliphatic carbocycles. The topological polar surface area (TPSA) is 50.2 Å². The van der Waals surface area contributed by atoms with Gasteiger partial charge in [0.15, 0.2) is 11.7 Å². The zero-order valence-electron chi connectivity index (χ0n) is 16.2. The molecule has 10 heteroatoms. The molecule has 1 aromatic heterocycles. The average molecular weight is 461 g/mol. The molecule has 1 fully saturated rings. The molecule has 1 saturated heterocycles. The largest absolute Gasteiger partial charge is 0.410 e. The van der Waals surface area contributed by atoms with Crippen molar-refractivity contribution in [3.8, 4) is 0 Å². The molecule has 2 aromatic rings. The van der Waals surface area contributed by atoms with E-state index in [1.165, 1.54) is 6.07 Å². The minimum Gasteiger partial charge on any atom is -0.363 e. The van der Waals surface area contributed by atoms with Crippen LogP contribution in [0.5, 0.6) is 0 Å². The highest BCUT2D eigenvalue weighted by molar-refractivity contribution is 6.42. The minimum absolute atomic E-state index is 0.0234. The number of amides is 1. The average Bonchev–Trinajstić information content (AvgIpc) is 3.12. The number of nitrogens with zero attached hydrogens (tertiary/aromatic N) is 3. The van der Waals surface area contributed by atoms with Gasteiger partial charge in [-0.1, -0.05) is 29.3 Å². The minimum atomic E-state index is -4.52. The summed E-state index contributed by atoms with van der Waals surface area (Å²) in [5.74, 6) is -0.175. The normalized spacial score (nSPS) is 24.3. The molecule has 1 amide bonds. The molecule has 5 nitrogen and oxygen atoms in total. The van der Waals surface area contributed by atoms with Crippen LogP contribution < -0.4 is 5.32 Å². The molecule has 30 heavy (non-hydrogen) atoms. The Morgan fingerprint density at radius 1 is 1.20 bits per heavy atom. The summed E-state index contributed by atoms with van der Waals surface area (Å²) in [5, 5.41) is 7.75. The predicted molar refractivity (Wildman–Crippen MR) is 109 cm³/mol. The molecule has 0 spiro atoms. The monoisotopic (exact) mass is 460 g/mol. The van der Waals surface area contributed by atoms with Gasteiger partial charge >= 0.3 is 6.18 Å². The SMILES string of the molecule is C[C@@H]1CCCCN1C(=O)c1cc2n(n1)[C@@H](C(F)(F)F)C[C@H](c1ccc(Cl)c(Cl)c1)N2. The van der Waals surface area contributed by atoms with E-state index in [0.29, 0.717) is 17.1 Å². The molecular weight excluding hydrogens is 440 g/mol. The van der Waals surface area contributed by atoms with Gasteiger partial charge in [0.25, 0.3) is 5.91 Å². The maximum atomic E-state index is 13.8. The third-order valence-electron chi connectivity index (χ3n) is 5.82. The lowest BCUT2D eigenvalue weighted by Gasteiger charge is -2.33. The zero-order valence-corrected chi connectivity index (χ0v) is 17.7. The Morgan fingerprint density at radius 3 is 2.63 bits per heavy atom. The van der Waals surface area contributed by atoms with Crippen LogP contribution in [-0.4, -0.2) is 39.4 Å². The van der Waals surface area contributed by atoms with Crippen molar-refractivity contribution in [1.29, 1.82) is 0 Å². The Bertz CT molecular complexity index is 962. The van der Waals surface area contributed by atoms with Gasteiger partial charge in [-0.05, 0) is 43.9 Å². The van der Waals surface area contributed by atoms with E-state index in [0.717, 1.165) is 23.9 Å². The number of rotatable bonds is 2. The third kappa shape index (κ3) is 3.99. The van der Waals surface area contributed by atoms with Gasteiger partial charge in [0, 0.05) is 25.1 Å². The van der Waals surface area contributed by atoms with Crippen molar-refractivity contribution in [3.05, 3.63) is 45.6 Å². The van der Waals surface area contributed by atoms with E-state index >= 15 is 0 Å². The standard InChI is InChI=1S/C20H21Cl2F3N4O/c1-11-4-2-3-7-28(11)19(30)16-10-18-26-15(12-5-6-13(21)14(22)8-12)9-17(20(23,24)25)29(18)27-16/h5-6,8,10-11,15,17,26H,2-4,7,9H2,1H3/t11-,15-,17-/m1/s1. The highest BCUT2D eigenvalue weighted by Gasteiger charge is 2.47. The summed E-state index contributed by atoms with van der Waals surface area (Å²) in [6.45, 7) is 2.54. The number of anilines is 1. The molecule has 2 aliphatic heterocycles. The van der Waals surface area contributed by atoms with E-state index in [1.807, 2.05) is 6.92 Å². The summed E-state index contributed by atoms with van der Waals surface area (Å²) in [5.41, 5.74) is 0.610.